The third-order valence-corrected chi connectivity index (χ3v) is 7.03. The van der Waals surface area contributed by atoms with E-state index in [0.717, 1.165) is 28.7 Å². The number of nitrogens with zero attached hydrogens (tertiary/aromatic N) is 2. The molecule has 0 aliphatic rings. The number of carbonyl (C=O) groups is 2. The first-order chi connectivity index (χ1) is 16.4. The molecule has 35 heavy (non-hydrogen) atoms. The van der Waals surface area contributed by atoms with Crippen LogP contribution in [0.1, 0.15) is 55.4 Å². The fourth-order valence-corrected chi connectivity index (χ4v) is 4.92. The Hall–Kier alpha value is -2.87. The van der Waals surface area contributed by atoms with Crippen molar-refractivity contribution >= 4 is 27.5 Å². The van der Waals surface area contributed by atoms with E-state index < -0.39 is 16.1 Å². The predicted octanol–water partition coefficient (Wildman–Crippen LogP) is 4.10. The molecule has 0 aliphatic carbocycles. The number of carbonyl (C=O) groups excluding carboxylic acids is 2. The van der Waals surface area contributed by atoms with E-state index in [4.69, 9.17) is 0 Å². The molecule has 0 aromatic heterocycles. The summed E-state index contributed by atoms with van der Waals surface area (Å²) in [5.74, 6) is -0.376. The van der Waals surface area contributed by atoms with Crippen LogP contribution in [0.5, 0.6) is 0 Å². The molecular weight excluding hydrogens is 462 g/mol. The molecule has 0 unspecified atom stereocenters. The molecule has 0 bridgehead atoms. The van der Waals surface area contributed by atoms with Gasteiger partial charge in [-0.3, -0.25) is 13.9 Å². The lowest BCUT2D eigenvalue weighted by Crippen LogP contribution is -2.47. The van der Waals surface area contributed by atoms with E-state index in [9.17, 15) is 18.0 Å². The van der Waals surface area contributed by atoms with Gasteiger partial charge < -0.3 is 10.2 Å². The number of aryl methyl sites for hydroxylation is 3. The van der Waals surface area contributed by atoms with Gasteiger partial charge in [-0.25, -0.2) is 8.42 Å². The Bertz CT molecular complexity index is 1090. The van der Waals surface area contributed by atoms with Crippen LogP contribution in [0, 0.1) is 20.8 Å². The Morgan fingerprint density at radius 1 is 0.971 bits per heavy atom. The van der Waals surface area contributed by atoms with E-state index in [1.165, 1.54) is 10.6 Å². The fraction of sp³-hybridized carbons (Fsp3) is 0.481. The summed E-state index contributed by atoms with van der Waals surface area (Å²) in [4.78, 5) is 27.5. The Labute approximate surface area is 210 Å². The van der Waals surface area contributed by atoms with Gasteiger partial charge in [-0.15, -0.1) is 0 Å². The molecule has 8 heteroatoms. The minimum atomic E-state index is -3.52. The van der Waals surface area contributed by atoms with Crippen molar-refractivity contribution in [3.05, 3.63) is 64.7 Å². The van der Waals surface area contributed by atoms with Gasteiger partial charge in [-0.2, -0.15) is 0 Å². The van der Waals surface area contributed by atoms with Crippen molar-refractivity contribution in [1.82, 2.24) is 10.2 Å². The lowest BCUT2D eigenvalue weighted by molar-refractivity contribution is -0.140. The van der Waals surface area contributed by atoms with Crippen molar-refractivity contribution < 1.29 is 18.0 Å². The third-order valence-electron chi connectivity index (χ3n) is 5.84. The molecule has 2 aromatic carbocycles. The molecule has 2 rings (SSSR count). The van der Waals surface area contributed by atoms with E-state index in [-0.39, 0.29) is 24.8 Å². The van der Waals surface area contributed by atoms with Crippen molar-refractivity contribution in [1.29, 1.82) is 0 Å². The van der Waals surface area contributed by atoms with Crippen molar-refractivity contribution in [2.24, 2.45) is 0 Å². The summed E-state index contributed by atoms with van der Waals surface area (Å²) in [6, 6.07) is 12.9. The first-order valence-corrected chi connectivity index (χ1v) is 14.0. The minimum absolute atomic E-state index is 0.133. The molecule has 1 atom stereocenters. The number of sulfonamides is 1. The molecule has 0 spiro atoms. The fourth-order valence-electron chi connectivity index (χ4n) is 3.97. The van der Waals surface area contributed by atoms with Gasteiger partial charge >= 0.3 is 0 Å². The number of anilines is 1. The summed E-state index contributed by atoms with van der Waals surface area (Å²) in [7, 11) is -3.52. The molecule has 0 aliphatic heterocycles. The molecule has 2 aromatic rings. The van der Waals surface area contributed by atoms with Gasteiger partial charge in [0.15, 0.2) is 0 Å². The van der Waals surface area contributed by atoms with E-state index in [1.54, 1.807) is 11.8 Å². The van der Waals surface area contributed by atoms with Crippen LogP contribution in [-0.4, -0.2) is 50.5 Å². The maximum atomic E-state index is 13.3. The Morgan fingerprint density at radius 2 is 1.57 bits per heavy atom. The van der Waals surface area contributed by atoms with Crippen LogP contribution in [0.3, 0.4) is 0 Å². The molecule has 0 fully saturated rings. The zero-order valence-electron chi connectivity index (χ0n) is 21.8. The van der Waals surface area contributed by atoms with Crippen molar-refractivity contribution in [3.8, 4) is 0 Å². The van der Waals surface area contributed by atoms with E-state index in [1.807, 2.05) is 70.2 Å². The number of nitrogens with one attached hydrogen (secondary N) is 1. The highest BCUT2D eigenvalue weighted by Crippen LogP contribution is 2.22. The first kappa shape index (κ1) is 28.4. The average molecular weight is 502 g/mol. The maximum absolute atomic E-state index is 13.3. The number of benzene rings is 2. The molecule has 0 radical (unpaired) electrons. The molecule has 0 heterocycles. The highest BCUT2D eigenvalue weighted by Gasteiger charge is 2.26. The predicted molar refractivity (Wildman–Crippen MR) is 142 cm³/mol. The van der Waals surface area contributed by atoms with Crippen LogP contribution in [0.4, 0.5) is 5.69 Å². The van der Waals surface area contributed by atoms with E-state index in [0.29, 0.717) is 25.2 Å². The summed E-state index contributed by atoms with van der Waals surface area (Å²) < 4.78 is 26.4. The Kier molecular flexibility index (Phi) is 10.3. The second-order valence-corrected chi connectivity index (χ2v) is 11.2. The van der Waals surface area contributed by atoms with Gasteiger partial charge in [0.2, 0.25) is 21.8 Å². The summed E-state index contributed by atoms with van der Waals surface area (Å²) in [6.45, 7) is 10.6. The number of hydrogen-bond acceptors (Lipinski definition) is 4. The highest BCUT2D eigenvalue weighted by atomic mass is 32.2. The van der Waals surface area contributed by atoms with Gasteiger partial charge in [-0.05, 0) is 69.4 Å². The molecule has 2 amide bonds. The standard InChI is InChI=1S/C27H39N3O4S/c1-7-14-28-27(32)23(5)29(19-24-12-10-20(2)11-13-24)26(31)9-8-15-30(35(6,33)34)25-17-21(3)16-22(4)18-25/h10-13,16-18,23H,7-9,14-15,19H2,1-6H3,(H,28,32)/t23-/m0/s1. The lowest BCUT2D eigenvalue weighted by Gasteiger charge is -2.29. The quantitative estimate of drug-likeness (QED) is 0.474. The van der Waals surface area contributed by atoms with Crippen LogP contribution in [0.2, 0.25) is 0 Å². The average Bonchev–Trinajstić information content (AvgIpc) is 2.77. The largest absolute Gasteiger partial charge is 0.354 e. The smallest absolute Gasteiger partial charge is 0.242 e. The van der Waals surface area contributed by atoms with Crippen molar-refractivity contribution in [2.75, 3.05) is 23.7 Å². The van der Waals surface area contributed by atoms with Gasteiger partial charge in [0.05, 0.1) is 11.9 Å². The number of amides is 2. The summed E-state index contributed by atoms with van der Waals surface area (Å²) in [6.07, 6.45) is 2.46. The number of rotatable bonds is 12. The van der Waals surface area contributed by atoms with Crippen molar-refractivity contribution in [3.63, 3.8) is 0 Å². The van der Waals surface area contributed by atoms with Crippen LogP contribution >= 0.6 is 0 Å². The SMILES string of the molecule is CCCNC(=O)[C@H](C)N(Cc1ccc(C)cc1)C(=O)CCCN(c1cc(C)cc(C)c1)S(C)(=O)=O. The zero-order valence-corrected chi connectivity index (χ0v) is 22.6. The zero-order chi connectivity index (χ0) is 26.2. The normalized spacial score (nSPS) is 12.2. The molecule has 192 valence electrons. The molecular formula is C27H39N3O4S. The topological polar surface area (TPSA) is 86.8 Å². The second kappa shape index (κ2) is 12.7. The summed E-state index contributed by atoms with van der Waals surface area (Å²) in [5.41, 5.74) is 4.60. The van der Waals surface area contributed by atoms with Gasteiger partial charge in [-0.1, -0.05) is 42.8 Å². The molecule has 0 saturated carbocycles. The Morgan fingerprint density at radius 3 is 2.11 bits per heavy atom. The van der Waals surface area contributed by atoms with Crippen LogP contribution in [-0.2, 0) is 26.2 Å². The van der Waals surface area contributed by atoms with Gasteiger partial charge in [0.1, 0.15) is 6.04 Å². The van der Waals surface area contributed by atoms with Crippen LogP contribution in [0.15, 0.2) is 42.5 Å². The number of hydrogen-bond donors (Lipinski definition) is 1. The highest BCUT2D eigenvalue weighted by molar-refractivity contribution is 7.92. The van der Waals surface area contributed by atoms with E-state index in [2.05, 4.69) is 5.32 Å². The molecule has 1 N–H and O–H groups in total. The Balaban J connectivity index is 2.17. The summed E-state index contributed by atoms with van der Waals surface area (Å²) in [5, 5.41) is 2.87. The van der Waals surface area contributed by atoms with Gasteiger partial charge in [0.25, 0.3) is 0 Å². The minimum Gasteiger partial charge on any atom is -0.354 e. The maximum Gasteiger partial charge on any atom is 0.242 e. The van der Waals surface area contributed by atoms with Crippen LogP contribution < -0.4 is 9.62 Å². The second-order valence-electron chi connectivity index (χ2n) is 9.26. The molecule has 7 nitrogen and oxygen atoms in total. The van der Waals surface area contributed by atoms with Crippen molar-refractivity contribution in [2.45, 2.75) is 66.5 Å². The van der Waals surface area contributed by atoms with E-state index >= 15 is 0 Å². The molecule has 0 saturated heterocycles. The third kappa shape index (κ3) is 8.69. The van der Waals surface area contributed by atoms with Gasteiger partial charge in [0, 0.05) is 26.1 Å². The first-order valence-electron chi connectivity index (χ1n) is 12.1. The lowest BCUT2D eigenvalue weighted by atomic mass is 10.1. The monoisotopic (exact) mass is 501 g/mol. The summed E-state index contributed by atoms with van der Waals surface area (Å²) >= 11 is 0. The van der Waals surface area contributed by atoms with Crippen LogP contribution in [0.25, 0.3) is 0 Å².